The number of benzene rings is 1. The normalized spacial score (nSPS) is 10.3. The number of ether oxygens (including phenoxy) is 1. The second kappa shape index (κ2) is 7.37. The van der Waals surface area contributed by atoms with Crippen molar-refractivity contribution in [1.29, 1.82) is 0 Å². The minimum Gasteiger partial charge on any atom is -0.451 e. The Kier molecular flexibility index (Phi) is 5.47. The Morgan fingerprint density at radius 2 is 2.12 bits per heavy atom. The van der Waals surface area contributed by atoms with E-state index in [1.807, 2.05) is 0 Å². The molecule has 8 nitrogen and oxygen atoms in total. The quantitative estimate of drug-likeness (QED) is 0.492. The highest BCUT2D eigenvalue weighted by atomic mass is 35.5. The van der Waals surface area contributed by atoms with Gasteiger partial charge in [0.1, 0.15) is 4.88 Å². The standard InChI is InChI=1S/C14H12ClN3O5S/c1-7-13(24-8(2)16-7)14(20)23-6-12(19)17-11-4-3-9(18(21)22)5-10(11)15/h3-5H,6H2,1-2H3,(H,17,19). The molecule has 0 aliphatic heterocycles. The summed E-state index contributed by atoms with van der Waals surface area (Å²) in [6, 6.07) is 3.63. The van der Waals surface area contributed by atoms with Gasteiger partial charge in [-0.3, -0.25) is 14.9 Å². The van der Waals surface area contributed by atoms with E-state index in [-0.39, 0.29) is 16.4 Å². The van der Waals surface area contributed by atoms with Crippen LogP contribution in [0, 0.1) is 24.0 Å². The first-order valence-electron chi connectivity index (χ1n) is 6.63. The molecule has 2 rings (SSSR count). The Morgan fingerprint density at radius 1 is 1.42 bits per heavy atom. The van der Waals surface area contributed by atoms with E-state index in [0.29, 0.717) is 10.6 Å². The summed E-state index contributed by atoms with van der Waals surface area (Å²) >= 11 is 7.05. The molecule has 0 aliphatic rings. The zero-order valence-electron chi connectivity index (χ0n) is 12.7. The van der Waals surface area contributed by atoms with E-state index in [1.165, 1.54) is 23.5 Å². The lowest BCUT2D eigenvalue weighted by Gasteiger charge is -2.07. The summed E-state index contributed by atoms with van der Waals surface area (Å²) in [6.45, 7) is 2.93. The van der Waals surface area contributed by atoms with E-state index >= 15 is 0 Å². The number of aryl methyl sites for hydroxylation is 2. The van der Waals surface area contributed by atoms with Crippen LogP contribution in [0.1, 0.15) is 20.4 Å². The fourth-order valence-corrected chi connectivity index (χ4v) is 2.86. The van der Waals surface area contributed by atoms with Crippen molar-refractivity contribution in [3.63, 3.8) is 0 Å². The van der Waals surface area contributed by atoms with Gasteiger partial charge in [-0.2, -0.15) is 0 Å². The van der Waals surface area contributed by atoms with Crippen LogP contribution < -0.4 is 5.32 Å². The number of nitrogens with one attached hydrogen (secondary N) is 1. The molecule has 0 aliphatic carbocycles. The summed E-state index contributed by atoms with van der Waals surface area (Å²) in [4.78, 5) is 38.2. The van der Waals surface area contributed by atoms with Crippen molar-refractivity contribution in [2.75, 3.05) is 11.9 Å². The summed E-state index contributed by atoms with van der Waals surface area (Å²) < 4.78 is 4.93. The van der Waals surface area contributed by atoms with Crippen molar-refractivity contribution in [2.45, 2.75) is 13.8 Å². The number of hydrogen-bond donors (Lipinski definition) is 1. The maximum absolute atomic E-state index is 11.9. The zero-order chi connectivity index (χ0) is 17.9. The lowest BCUT2D eigenvalue weighted by molar-refractivity contribution is -0.384. The van der Waals surface area contributed by atoms with E-state index in [1.54, 1.807) is 13.8 Å². The fourth-order valence-electron chi connectivity index (χ4n) is 1.82. The second-order valence-electron chi connectivity index (χ2n) is 4.69. The number of amides is 1. The van der Waals surface area contributed by atoms with Crippen LogP contribution >= 0.6 is 22.9 Å². The van der Waals surface area contributed by atoms with Crippen molar-refractivity contribution in [3.8, 4) is 0 Å². The van der Waals surface area contributed by atoms with Gasteiger partial charge in [0.25, 0.3) is 11.6 Å². The largest absolute Gasteiger partial charge is 0.451 e. The molecule has 0 saturated heterocycles. The van der Waals surface area contributed by atoms with Crippen LogP contribution in [0.2, 0.25) is 5.02 Å². The summed E-state index contributed by atoms with van der Waals surface area (Å²) in [5, 5.41) is 13.8. The first-order chi connectivity index (χ1) is 11.3. The molecule has 2 aromatic rings. The Bertz CT molecular complexity index is 821. The Balaban J connectivity index is 1.95. The number of nitro benzene ring substituents is 1. The molecule has 0 spiro atoms. The molecule has 1 amide bonds. The van der Waals surface area contributed by atoms with E-state index in [0.717, 1.165) is 11.1 Å². The van der Waals surface area contributed by atoms with Gasteiger partial charge >= 0.3 is 5.97 Å². The zero-order valence-corrected chi connectivity index (χ0v) is 14.2. The summed E-state index contributed by atoms with van der Waals surface area (Å²) in [5.74, 6) is -1.25. The predicted octanol–water partition coefficient (Wildman–Crippen LogP) is 3.12. The highest BCUT2D eigenvalue weighted by molar-refractivity contribution is 7.13. The monoisotopic (exact) mass is 369 g/mol. The summed E-state index contributed by atoms with van der Waals surface area (Å²) in [6.07, 6.45) is 0. The molecule has 0 saturated carbocycles. The van der Waals surface area contributed by atoms with Gasteiger partial charge in [0, 0.05) is 12.1 Å². The topological polar surface area (TPSA) is 111 Å². The molecule has 0 unspecified atom stereocenters. The number of carbonyl (C=O) groups excluding carboxylic acids is 2. The summed E-state index contributed by atoms with van der Waals surface area (Å²) in [5.41, 5.74) is 0.537. The molecule has 10 heteroatoms. The molecule has 0 atom stereocenters. The number of nitro groups is 1. The number of anilines is 1. The van der Waals surface area contributed by atoms with E-state index in [4.69, 9.17) is 16.3 Å². The third-order valence-corrected chi connectivity index (χ3v) is 4.23. The van der Waals surface area contributed by atoms with E-state index < -0.39 is 23.4 Å². The molecular weight excluding hydrogens is 358 g/mol. The van der Waals surface area contributed by atoms with Crippen molar-refractivity contribution < 1.29 is 19.2 Å². The highest BCUT2D eigenvalue weighted by Crippen LogP contribution is 2.26. The molecule has 0 bridgehead atoms. The van der Waals surface area contributed by atoms with Crippen LogP contribution in [0.3, 0.4) is 0 Å². The minimum atomic E-state index is -0.636. The van der Waals surface area contributed by atoms with Crippen molar-refractivity contribution >= 4 is 46.2 Å². The van der Waals surface area contributed by atoms with Gasteiger partial charge in [-0.25, -0.2) is 9.78 Å². The molecule has 1 heterocycles. The number of carbonyl (C=O) groups is 2. The van der Waals surface area contributed by atoms with Gasteiger partial charge in [0.2, 0.25) is 0 Å². The van der Waals surface area contributed by atoms with Crippen LogP contribution in [0.25, 0.3) is 0 Å². The Labute approximate surface area is 145 Å². The molecule has 126 valence electrons. The van der Waals surface area contributed by atoms with E-state index in [9.17, 15) is 19.7 Å². The lowest BCUT2D eigenvalue weighted by Crippen LogP contribution is -2.21. The highest BCUT2D eigenvalue weighted by Gasteiger charge is 2.17. The number of halogens is 1. The number of aromatic nitrogens is 1. The third-order valence-electron chi connectivity index (χ3n) is 2.86. The van der Waals surface area contributed by atoms with Gasteiger partial charge in [0.15, 0.2) is 6.61 Å². The number of esters is 1. The molecule has 0 fully saturated rings. The molecule has 1 aromatic carbocycles. The molecular formula is C14H12ClN3O5S. The maximum Gasteiger partial charge on any atom is 0.350 e. The Morgan fingerprint density at radius 3 is 2.67 bits per heavy atom. The minimum absolute atomic E-state index is 0.0119. The van der Waals surface area contributed by atoms with Gasteiger partial charge in [-0.1, -0.05) is 11.6 Å². The number of rotatable bonds is 5. The molecule has 1 N–H and O–H groups in total. The molecule has 24 heavy (non-hydrogen) atoms. The maximum atomic E-state index is 11.9. The van der Waals surface area contributed by atoms with Crippen molar-refractivity contribution in [3.05, 3.63) is 48.9 Å². The SMILES string of the molecule is Cc1nc(C)c(C(=O)OCC(=O)Nc2ccc([N+](=O)[O-])cc2Cl)s1. The van der Waals surface area contributed by atoms with E-state index in [2.05, 4.69) is 10.3 Å². The van der Waals surface area contributed by atoms with Crippen LogP contribution in [-0.2, 0) is 9.53 Å². The summed E-state index contributed by atoms with van der Waals surface area (Å²) in [7, 11) is 0. The first kappa shape index (κ1) is 17.8. The van der Waals surface area contributed by atoms with Gasteiger partial charge in [0.05, 0.1) is 26.3 Å². The van der Waals surface area contributed by atoms with Crippen LogP contribution in [0.5, 0.6) is 0 Å². The van der Waals surface area contributed by atoms with Crippen LogP contribution in [0.15, 0.2) is 18.2 Å². The number of nitrogens with zero attached hydrogens (tertiary/aromatic N) is 2. The smallest absolute Gasteiger partial charge is 0.350 e. The predicted molar refractivity (Wildman–Crippen MR) is 88.6 cm³/mol. The second-order valence-corrected chi connectivity index (χ2v) is 6.30. The average Bonchev–Trinajstić information content (AvgIpc) is 2.85. The average molecular weight is 370 g/mol. The molecule has 0 radical (unpaired) electrons. The number of thiazole rings is 1. The number of hydrogen-bond acceptors (Lipinski definition) is 7. The van der Waals surface area contributed by atoms with Gasteiger partial charge < -0.3 is 10.1 Å². The fraction of sp³-hybridized carbons (Fsp3) is 0.214. The number of non-ortho nitro benzene ring substituents is 1. The van der Waals surface area contributed by atoms with Crippen molar-refractivity contribution in [2.24, 2.45) is 0 Å². The first-order valence-corrected chi connectivity index (χ1v) is 7.82. The van der Waals surface area contributed by atoms with Crippen molar-refractivity contribution in [1.82, 2.24) is 4.98 Å². The molecule has 1 aromatic heterocycles. The van der Waals surface area contributed by atoms with Crippen LogP contribution in [-0.4, -0.2) is 28.4 Å². The van der Waals surface area contributed by atoms with Crippen LogP contribution in [0.4, 0.5) is 11.4 Å². The third kappa shape index (κ3) is 4.27. The van der Waals surface area contributed by atoms with Gasteiger partial charge in [-0.15, -0.1) is 11.3 Å². The Hall–Kier alpha value is -2.52. The lowest BCUT2D eigenvalue weighted by atomic mass is 10.3. The van der Waals surface area contributed by atoms with Gasteiger partial charge in [-0.05, 0) is 19.9 Å².